The van der Waals surface area contributed by atoms with Crippen LogP contribution >= 0.6 is 0 Å². The van der Waals surface area contributed by atoms with E-state index in [9.17, 15) is 0 Å². The van der Waals surface area contributed by atoms with E-state index in [0.717, 1.165) is 44.9 Å². The lowest BCUT2D eigenvalue weighted by Gasteiger charge is -2.54. The first kappa shape index (κ1) is 20.0. The lowest BCUT2D eigenvalue weighted by Crippen LogP contribution is -2.56. The molecule has 2 saturated heterocycles. The average molecular weight is 454 g/mol. The fourth-order valence-corrected chi connectivity index (χ4v) is 8.41. The van der Waals surface area contributed by atoms with Crippen molar-refractivity contribution in [3.8, 4) is 0 Å². The second kappa shape index (κ2) is 6.48. The van der Waals surface area contributed by atoms with E-state index < -0.39 is 5.79 Å². The van der Waals surface area contributed by atoms with Gasteiger partial charge in [0.05, 0.1) is 24.4 Å². The summed E-state index contributed by atoms with van der Waals surface area (Å²) < 4.78 is 19.7. The molecular formula is C30H31NO3. The highest BCUT2D eigenvalue weighted by Gasteiger charge is 2.67. The van der Waals surface area contributed by atoms with Crippen LogP contribution in [0, 0.1) is 11.3 Å². The van der Waals surface area contributed by atoms with Crippen molar-refractivity contribution in [1.29, 1.82) is 0 Å². The van der Waals surface area contributed by atoms with Crippen LogP contribution in [0.4, 0.5) is 0 Å². The van der Waals surface area contributed by atoms with Crippen molar-refractivity contribution in [3.63, 3.8) is 0 Å². The van der Waals surface area contributed by atoms with Crippen LogP contribution in [-0.2, 0) is 14.2 Å². The smallest absolute Gasteiger partial charge is 0.171 e. The van der Waals surface area contributed by atoms with Crippen molar-refractivity contribution in [2.24, 2.45) is 11.3 Å². The zero-order chi connectivity index (χ0) is 22.6. The van der Waals surface area contributed by atoms with Crippen molar-refractivity contribution in [2.75, 3.05) is 13.2 Å². The standard InChI is InChI=1S/C30H31NO3/c1-27-9-6-24-17-23-7-10-29(32-14-15-33-29)19-28(23)11-12-30(24,34-28)26(27)5-4-25(27)21-3-2-20-8-13-31-18-22(20)16-21/h2-4,6,8,13,16-18,26H,5,7,9-12,14-15,19H2,1H3/t26-,27-,28-,30?/m1/s1. The summed E-state index contributed by atoms with van der Waals surface area (Å²) in [6.07, 6.45) is 18.5. The fourth-order valence-electron chi connectivity index (χ4n) is 8.41. The minimum absolute atomic E-state index is 0.0724. The third-order valence-electron chi connectivity index (χ3n) is 10.0. The Bertz CT molecular complexity index is 1320. The second-order valence-corrected chi connectivity index (χ2v) is 11.6. The lowest BCUT2D eigenvalue weighted by atomic mass is 9.58. The first-order valence-corrected chi connectivity index (χ1v) is 13.0. The maximum Gasteiger partial charge on any atom is 0.171 e. The Hall–Kier alpha value is -2.27. The summed E-state index contributed by atoms with van der Waals surface area (Å²) in [6.45, 7) is 3.90. The van der Waals surface area contributed by atoms with Gasteiger partial charge >= 0.3 is 0 Å². The predicted molar refractivity (Wildman–Crippen MR) is 131 cm³/mol. The van der Waals surface area contributed by atoms with Gasteiger partial charge in [-0.1, -0.05) is 37.3 Å². The van der Waals surface area contributed by atoms with Crippen molar-refractivity contribution >= 4 is 16.3 Å². The van der Waals surface area contributed by atoms with Gasteiger partial charge < -0.3 is 14.2 Å². The van der Waals surface area contributed by atoms with Crippen LogP contribution in [-0.4, -0.2) is 35.2 Å². The van der Waals surface area contributed by atoms with Gasteiger partial charge in [-0.3, -0.25) is 4.98 Å². The topological polar surface area (TPSA) is 40.6 Å². The molecule has 1 saturated carbocycles. The van der Waals surface area contributed by atoms with E-state index in [1.54, 1.807) is 0 Å². The zero-order valence-electron chi connectivity index (χ0n) is 19.8. The van der Waals surface area contributed by atoms with Gasteiger partial charge in [-0.2, -0.15) is 0 Å². The molecule has 8 rings (SSSR count). The highest BCUT2D eigenvalue weighted by atomic mass is 16.7. The van der Waals surface area contributed by atoms with Crippen LogP contribution in [0.15, 0.2) is 66.0 Å². The summed E-state index contributed by atoms with van der Waals surface area (Å²) in [5, 5.41) is 2.46. The quantitative estimate of drug-likeness (QED) is 0.521. The maximum absolute atomic E-state index is 7.36. The van der Waals surface area contributed by atoms with E-state index in [0.29, 0.717) is 19.1 Å². The molecule has 1 aromatic carbocycles. The Morgan fingerprint density at radius 2 is 1.91 bits per heavy atom. The molecular weight excluding hydrogens is 422 g/mol. The summed E-state index contributed by atoms with van der Waals surface area (Å²) in [6, 6.07) is 8.96. The summed E-state index contributed by atoms with van der Waals surface area (Å²) in [5.41, 5.74) is 5.41. The summed E-state index contributed by atoms with van der Waals surface area (Å²) in [7, 11) is 0. The minimum atomic E-state index is -0.430. The molecule has 1 unspecified atom stereocenters. The van der Waals surface area contributed by atoms with Gasteiger partial charge in [0.1, 0.15) is 0 Å². The Kier molecular flexibility index (Phi) is 3.81. The predicted octanol–water partition coefficient (Wildman–Crippen LogP) is 6.13. The third kappa shape index (κ3) is 2.42. The number of ether oxygens (including phenoxy) is 3. The summed E-state index contributed by atoms with van der Waals surface area (Å²) in [4.78, 5) is 4.36. The number of allylic oxidation sites excluding steroid dienone is 3. The summed E-state index contributed by atoms with van der Waals surface area (Å²) >= 11 is 0. The van der Waals surface area contributed by atoms with Gasteiger partial charge in [0.25, 0.3) is 0 Å². The van der Waals surface area contributed by atoms with Gasteiger partial charge in [0.15, 0.2) is 5.79 Å². The van der Waals surface area contributed by atoms with Gasteiger partial charge in [0.2, 0.25) is 0 Å². The molecule has 2 aromatic rings. The van der Waals surface area contributed by atoms with Gasteiger partial charge in [-0.05, 0) is 71.9 Å². The van der Waals surface area contributed by atoms with E-state index >= 15 is 0 Å². The average Bonchev–Trinajstić information content (AvgIpc) is 3.53. The highest BCUT2D eigenvalue weighted by Crippen LogP contribution is 2.68. The SMILES string of the molecule is C[C@]12CC=C3C=C4CCC5(C[C@]46CCC3(O6)[C@@H]1CC=C2c1ccc2ccncc2c1)OCCO5. The second-order valence-electron chi connectivity index (χ2n) is 11.6. The van der Waals surface area contributed by atoms with E-state index in [1.165, 1.54) is 33.1 Å². The molecule has 3 spiro atoms. The molecule has 0 radical (unpaired) electrons. The minimum Gasteiger partial charge on any atom is -0.359 e. The van der Waals surface area contributed by atoms with E-state index in [2.05, 4.69) is 54.4 Å². The van der Waals surface area contributed by atoms with Crippen molar-refractivity contribution in [1.82, 2.24) is 4.98 Å². The number of nitrogens with zero attached hydrogens (tertiary/aromatic N) is 1. The Labute approximate surface area is 200 Å². The molecule has 3 fully saturated rings. The van der Waals surface area contributed by atoms with Gasteiger partial charge in [-0.25, -0.2) is 0 Å². The van der Waals surface area contributed by atoms with Gasteiger partial charge in [-0.15, -0.1) is 0 Å². The van der Waals surface area contributed by atoms with E-state index in [4.69, 9.17) is 14.2 Å². The number of pyridine rings is 1. The molecule has 3 aliphatic carbocycles. The van der Waals surface area contributed by atoms with Crippen molar-refractivity contribution < 1.29 is 14.2 Å². The fraction of sp³-hybridized carbons (Fsp3) is 0.500. The van der Waals surface area contributed by atoms with Crippen molar-refractivity contribution in [2.45, 2.75) is 68.9 Å². The van der Waals surface area contributed by atoms with Crippen molar-refractivity contribution in [3.05, 3.63) is 71.6 Å². The molecule has 6 aliphatic rings. The van der Waals surface area contributed by atoms with Crippen LogP contribution in [0.2, 0.25) is 0 Å². The number of aromatic nitrogens is 1. The van der Waals surface area contributed by atoms with Crippen LogP contribution in [0.3, 0.4) is 0 Å². The molecule has 4 heterocycles. The summed E-state index contributed by atoms with van der Waals surface area (Å²) in [5.74, 6) is 0.0281. The molecule has 174 valence electrons. The van der Waals surface area contributed by atoms with Gasteiger partial charge in [0, 0.05) is 42.0 Å². The number of fused-ring (bicyclic) bond motifs is 2. The number of benzene rings is 1. The molecule has 4 heteroatoms. The first-order valence-electron chi connectivity index (χ1n) is 13.0. The molecule has 4 atom stereocenters. The Balaban J connectivity index is 1.19. The largest absolute Gasteiger partial charge is 0.359 e. The van der Waals surface area contributed by atoms with Crippen LogP contribution in [0.25, 0.3) is 16.3 Å². The Morgan fingerprint density at radius 3 is 2.82 bits per heavy atom. The molecule has 0 amide bonds. The number of hydrogen-bond donors (Lipinski definition) is 0. The molecule has 34 heavy (non-hydrogen) atoms. The normalized spacial score (nSPS) is 39.3. The molecule has 0 N–H and O–H groups in total. The molecule has 4 nitrogen and oxygen atoms in total. The van der Waals surface area contributed by atoms with E-state index in [-0.39, 0.29) is 16.6 Å². The highest BCUT2D eigenvalue weighted by molar-refractivity contribution is 5.87. The monoisotopic (exact) mass is 453 g/mol. The lowest BCUT2D eigenvalue weighted by molar-refractivity contribution is -0.225. The molecule has 2 bridgehead atoms. The molecule has 1 aromatic heterocycles. The van der Waals surface area contributed by atoms with Crippen LogP contribution < -0.4 is 0 Å². The molecule has 3 aliphatic heterocycles. The van der Waals surface area contributed by atoms with Crippen LogP contribution in [0.1, 0.15) is 57.4 Å². The number of rotatable bonds is 1. The number of hydrogen-bond acceptors (Lipinski definition) is 4. The van der Waals surface area contributed by atoms with E-state index in [1.807, 2.05) is 12.4 Å². The third-order valence-corrected chi connectivity index (χ3v) is 10.0. The van der Waals surface area contributed by atoms with Crippen LogP contribution in [0.5, 0.6) is 0 Å². The zero-order valence-corrected chi connectivity index (χ0v) is 19.8. The maximum atomic E-state index is 7.36. The Morgan fingerprint density at radius 1 is 1.00 bits per heavy atom. The first-order chi connectivity index (χ1) is 16.5.